The molecule has 0 fully saturated rings. The molecule has 5 rings (SSSR count). The second-order valence-electron chi connectivity index (χ2n) is 11.2. The minimum atomic E-state index is -3.96. The van der Waals surface area contributed by atoms with E-state index in [-0.39, 0.29) is 10.9 Å². The third kappa shape index (κ3) is 6.22. The number of hydrogen-bond acceptors (Lipinski definition) is 4. The lowest BCUT2D eigenvalue weighted by Gasteiger charge is -2.29. The van der Waals surface area contributed by atoms with E-state index in [1.54, 1.807) is 28.2 Å². The van der Waals surface area contributed by atoms with Crippen molar-refractivity contribution in [1.82, 2.24) is 8.69 Å². The van der Waals surface area contributed by atoms with Gasteiger partial charge in [0.1, 0.15) is 4.75 Å². The number of aromatic nitrogens is 1. The van der Waals surface area contributed by atoms with Gasteiger partial charge in [-0.1, -0.05) is 104 Å². The number of benzene rings is 4. The molecule has 0 bridgehead atoms. The number of hydrogen-bond donors (Lipinski definition) is 1. The van der Waals surface area contributed by atoms with Gasteiger partial charge in [0, 0.05) is 34.2 Å². The molecule has 218 valence electrons. The zero-order valence-corrected chi connectivity index (χ0v) is 26.9. The Labute approximate surface area is 254 Å². The van der Waals surface area contributed by atoms with Crippen molar-refractivity contribution in [2.24, 2.45) is 0 Å². The van der Waals surface area contributed by atoms with E-state index in [0.717, 1.165) is 27.3 Å². The summed E-state index contributed by atoms with van der Waals surface area (Å²) >= 11 is -1.35. The Morgan fingerprint density at radius 2 is 1.31 bits per heavy atom. The molecule has 0 radical (unpaired) electrons. The molecule has 42 heavy (non-hydrogen) atoms. The number of fused-ring (bicyclic) bond motifs is 1. The molecule has 0 saturated carbocycles. The maximum absolute atomic E-state index is 14.5. The highest BCUT2D eigenvalue weighted by Gasteiger charge is 2.35. The van der Waals surface area contributed by atoms with Gasteiger partial charge in [0.15, 0.2) is 0 Å². The lowest BCUT2D eigenvalue weighted by atomic mass is 10.0. The Bertz CT molecular complexity index is 1700. The Kier molecular flexibility index (Phi) is 9.26. The van der Waals surface area contributed by atoms with Gasteiger partial charge in [0.05, 0.1) is 16.5 Å². The van der Waals surface area contributed by atoms with Crippen LogP contribution in [0.5, 0.6) is 0 Å². The summed E-state index contributed by atoms with van der Waals surface area (Å²) in [6.45, 7) is 7.88. The first-order valence-electron chi connectivity index (χ1n) is 14.1. The molecule has 0 aliphatic carbocycles. The fourth-order valence-corrected chi connectivity index (χ4v) is 10.1. The fourth-order valence-electron chi connectivity index (χ4n) is 5.15. The van der Waals surface area contributed by atoms with E-state index in [9.17, 15) is 13.0 Å². The quantitative estimate of drug-likeness (QED) is 0.135. The maximum atomic E-state index is 14.5. The molecule has 0 aliphatic rings. The minimum absolute atomic E-state index is 0.238. The van der Waals surface area contributed by atoms with Crippen molar-refractivity contribution in [2.45, 2.75) is 56.0 Å². The summed E-state index contributed by atoms with van der Waals surface area (Å²) < 4.78 is 46.9. The van der Waals surface area contributed by atoms with Gasteiger partial charge in [-0.3, -0.25) is 0 Å². The monoisotopic (exact) mass is 616 g/mol. The summed E-state index contributed by atoms with van der Waals surface area (Å²) in [6, 6.07) is 36.6. The van der Waals surface area contributed by atoms with Gasteiger partial charge in [-0.15, -0.1) is 4.72 Å². The van der Waals surface area contributed by atoms with Crippen molar-refractivity contribution in [1.29, 1.82) is 0 Å². The first-order valence-corrected chi connectivity index (χ1v) is 18.2. The smallest absolute Gasteiger partial charge is 0.268 e. The highest BCUT2D eigenvalue weighted by molar-refractivity contribution is 7.91. The Hall–Kier alpha value is -2.93. The van der Waals surface area contributed by atoms with E-state index in [1.165, 1.54) is 0 Å². The highest BCUT2D eigenvalue weighted by Crippen LogP contribution is 2.44. The largest absolute Gasteiger partial charge is 0.598 e. The average molecular weight is 617 g/mol. The summed E-state index contributed by atoms with van der Waals surface area (Å²) in [7, 11) is -4.93. The fraction of sp³-hybridized carbons (Fsp3) is 0.235. The van der Waals surface area contributed by atoms with Gasteiger partial charge >= 0.3 is 0 Å². The van der Waals surface area contributed by atoms with Crippen LogP contribution in [0.1, 0.15) is 51.4 Å². The molecular formula is C34H37N2O3PS2. The topological polar surface area (TPSA) is 74.2 Å². The first-order chi connectivity index (χ1) is 20.1. The Morgan fingerprint density at radius 3 is 1.83 bits per heavy atom. The molecule has 1 unspecified atom stereocenters. The second-order valence-corrected chi connectivity index (χ2v) is 17.2. The maximum Gasteiger partial charge on any atom is 0.268 e. The molecule has 4 aromatic carbocycles. The second kappa shape index (κ2) is 12.7. The van der Waals surface area contributed by atoms with Crippen LogP contribution < -0.4 is 15.3 Å². The predicted molar refractivity (Wildman–Crippen MR) is 178 cm³/mol. The summed E-state index contributed by atoms with van der Waals surface area (Å²) in [5.74, 6) is 0. The van der Waals surface area contributed by atoms with Crippen LogP contribution in [0.15, 0.2) is 120 Å². The van der Waals surface area contributed by atoms with Crippen LogP contribution in [0.3, 0.4) is 0 Å². The van der Waals surface area contributed by atoms with Crippen LogP contribution in [-0.2, 0) is 27.5 Å². The van der Waals surface area contributed by atoms with E-state index in [4.69, 9.17) is 0 Å². The molecule has 5 nitrogen and oxygen atoms in total. The lowest BCUT2D eigenvalue weighted by Crippen LogP contribution is -2.41. The molecule has 1 N–H and O–H groups in total. The molecule has 0 spiro atoms. The van der Waals surface area contributed by atoms with Crippen molar-refractivity contribution in [3.8, 4) is 0 Å². The van der Waals surface area contributed by atoms with Crippen LogP contribution in [0, 0.1) is 0 Å². The van der Waals surface area contributed by atoms with Gasteiger partial charge in [0.2, 0.25) is 0 Å². The van der Waals surface area contributed by atoms with Crippen molar-refractivity contribution in [3.05, 3.63) is 127 Å². The van der Waals surface area contributed by atoms with E-state index in [2.05, 4.69) is 35.9 Å². The van der Waals surface area contributed by atoms with Crippen molar-refractivity contribution in [3.63, 3.8) is 0 Å². The summed E-state index contributed by atoms with van der Waals surface area (Å²) in [5.41, 5.74) is 2.25. The molecule has 5 aromatic rings. The molecule has 1 heterocycles. The van der Waals surface area contributed by atoms with E-state index >= 15 is 0 Å². The number of nitrogens with one attached hydrogen (secondary N) is 1. The molecule has 0 aliphatic heterocycles. The Morgan fingerprint density at radius 1 is 0.810 bits per heavy atom. The Balaban J connectivity index is 1.81. The normalized spacial score (nSPS) is 13.9. The van der Waals surface area contributed by atoms with Crippen molar-refractivity contribution < 1.29 is 13.0 Å². The summed E-state index contributed by atoms with van der Waals surface area (Å²) in [5, 5.41) is 3.18. The van der Waals surface area contributed by atoms with Gasteiger partial charge < -0.3 is 4.55 Å². The number of para-hydroxylation sites is 1. The molecular weight excluding hydrogens is 579 g/mol. The zero-order valence-electron chi connectivity index (χ0n) is 24.4. The summed E-state index contributed by atoms with van der Waals surface area (Å²) in [6.07, 6.45) is 1.14. The molecule has 2 atom stereocenters. The van der Waals surface area contributed by atoms with Crippen LogP contribution in [-0.4, -0.2) is 21.7 Å². The third-order valence-corrected chi connectivity index (χ3v) is 13.1. The zero-order chi connectivity index (χ0) is 29.9. The third-order valence-electron chi connectivity index (χ3n) is 7.26. The lowest BCUT2D eigenvalue weighted by molar-refractivity contribution is 0.518. The molecule has 0 amide bonds. The number of nitrogens with zero attached hydrogens (tertiary/aromatic N) is 1. The van der Waals surface area contributed by atoms with Crippen LogP contribution >= 0.6 is 7.92 Å². The standard InChI is InChI=1S/C34H37N2O3PS2/c1-5-30(35-41(37)34(2,3)4)33-29-23-15-16-24-31(29)36(42(38,39)28-21-13-8-14-22-28)32(33)25-40(26-17-9-6-10-18-26)27-19-11-7-12-20-27/h6-24,30,35H,5,25H2,1-4H3/t30-,41?/m0/s1. The van der Waals surface area contributed by atoms with Crippen LogP contribution in [0.25, 0.3) is 10.9 Å². The first kappa shape index (κ1) is 30.5. The van der Waals surface area contributed by atoms with Gasteiger partial charge in [-0.25, -0.2) is 12.4 Å². The van der Waals surface area contributed by atoms with Gasteiger partial charge in [-0.2, -0.15) is 0 Å². The van der Waals surface area contributed by atoms with Crippen molar-refractivity contribution >= 4 is 50.8 Å². The highest BCUT2D eigenvalue weighted by atomic mass is 32.2. The minimum Gasteiger partial charge on any atom is -0.598 e. The molecule has 8 heteroatoms. The van der Waals surface area contributed by atoms with Gasteiger partial charge in [-0.05, 0) is 63.9 Å². The number of rotatable bonds is 10. The average Bonchev–Trinajstić information content (AvgIpc) is 3.33. The van der Waals surface area contributed by atoms with E-state index < -0.39 is 34.1 Å². The molecule has 0 saturated heterocycles. The van der Waals surface area contributed by atoms with Crippen molar-refractivity contribution in [2.75, 3.05) is 0 Å². The van der Waals surface area contributed by atoms with Gasteiger partial charge in [0.25, 0.3) is 10.0 Å². The molecule has 1 aromatic heterocycles. The predicted octanol–water partition coefficient (Wildman–Crippen LogP) is 7.01. The summed E-state index contributed by atoms with van der Waals surface area (Å²) in [4.78, 5) is 0.238. The van der Waals surface area contributed by atoms with Crippen LogP contribution in [0.4, 0.5) is 0 Å². The van der Waals surface area contributed by atoms with E-state index in [0.29, 0.717) is 18.1 Å². The SMILES string of the molecule is CC[C@H](N[S+]([O-])C(C)(C)C)c1c(CP(c2ccccc2)c2ccccc2)n(S(=O)(=O)c2ccccc2)c2ccccc12. The van der Waals surface area contributed by atoms with Crippen LogP contribution in [0.2, 0.25) is 0 Å². The van der Waals surface area contributed by atoms with E-state index in [1.807, 2.05) is 87.5 Å².